The molecule has 13 heavy (non-hydrogen) atoms. The van der Waals surface area contributed by atoms with E-state index >= 15 is 0 Å². The van der Waals surface area contributed by atoms with Gasteiger partial charge in [0.05, 0.1) is 5.57 Å². The van der Waals surface area contributed by atoms with E-state index in [4.69, 9.17) is 16.0 Å². The van der Waals surface area contributed by atoms with Crippen molar-refractivity contribution in [3.05, 3.63) is 23.9 Å². The fourth-order valence-electron chi connectivity index (χ4n) is 1.03. The molecule has 70 valence electrons. The maximum absolute atomic E-state index is 10.8. The highest BCUT2D eigenvalue weighted by Crippen LogP contribution is 2.14. The van der Waals surface area contributed by atoms with Crippen LogP contribution < -0.4 is 5.73 Å². The smallest absolute Gasteiger partial charge is 0.334 e. The van der Waals surface area contributed by atoms with Crippen molar-refractivity contribution in [3.63, 3.8) is 0 Å². The normalized spacial score (nSPS) is 21.2. The minimum atomic E-state index is -1.32. The van der Waals surface area contributed by atoms with Gasteiger partial charge < -0.3 is 10.8 Å². The number of hydrogen-bond donors (Lipinski definition) is 3. The summed E-state index contributed by atoms with van der Waals surface area (Å²) in [5.41, 5.74) is 4.65. The number of carboxylic acid groups (broad SMARTS) is 1. The van der Waals surface area contributed by atoms with Gasteiger partial charge in [0, 0.05) is 6.20 Å². The van der Waals surface area contributed by atoms with E-state index < -0.39 is 17.9 Å². The highest BCUT2D eigenvalue weighted by atomic mass is 16.5. The number of carbonyl (C=O) groups is 2. The molecular formula is C7H8N2O4. The van der Waals surface area contributed by atoms with Gasteiger partial charge in [-0.25, -0.2) is 9.86 Å². The maximum Gasteiger partial charge on any atom is 0.334 e. The van der Waals surface area contributed by atoms with E-state index in [1.807, 2.05) is 0 Å². The zero-order valence-electron chi connectivity index (χ0n) is 6.54. The van der Waals surface area contributed by atoms with Crippen molar-refractivity contribution in [1.82, 2.24) is 5.06 Å². The monoisotopic (exact) mass is 184 g/mol. The Kier molecular flexibility index (Phi) is 2.34. The lowest BCUT2D eigenvalue weighted by atomic mass is 10.0. The zero-order chi connectivity index (χ0) is 10.0. The van der Waals surface area contributed by atoms with Gasteiger partial charge >= 0.3 is 5.97 Å². The number of amides is 1. The maximum atomic E-state index is 10.8. The van der Waals surface area contributed by atoms with Gasteiger partial charge in [0.15, 0.2) is 6.04 Å². The number of hydrogen-bond acceptors (Lipinski definition) is 4. The summed E-state index contributed by atoms with van der Waals surface area (Å²) in [6, 6.07) is -1.32. The first-order valence-electron chi connectivity index (χ1n) is 3.42. The van der Waals surface area contributed by atoms with Crippen LogP contribution in [-0.4, -0.2) is 33.3 Å². The van der Waals surface area contributed by atoms with Crippen molar-refractivity contribution in [2.45, 2.75) is 6.04 Å². The number of allylic oxidation sites excluding steroid dienone is 2. The molecule has 1 unspecified atom stereocenters. The molecule has 0 fully saturated rings. The lowest BCUT2D eigenvalue weighted by Gasteiger charge is -2.24. The molecule has 6 heteroatoms. The SMILES string of the molecule is NC(=O)C1C(C(=O)O)=CC=CN1O. The van der Waals surface area contributed by atoms with Gasteiger partial charge in [-0.05, 0) is 12.2 Å². The fraction of sp³-hybridized carbons (Fsp3) is 0.143. The number of carbonyl (C=O) groups excluding carboxylic acids is 1. The van der Waals surface area contributed by atoms with Crippen LogP contribution in [0.1, 0.15) is 0 Å². The Hall–Kier alpha value is -1.82. The first-order valence-corrected chi connectivity index (χ1v) is 3.42. The molecular weight excluding hydrogens is 176 g/mol. The van der Waals surface area contributed by atoms with Crippen LogP contribution in [0.15, 0.2) is 23.9 Å². The van der Waals surface area contributed by atoms with Crippen molar-refractivity contribution < 1.29 is 19.9 Å². The molecule has 0 aromatic rings. The summed E-state index contributed by atoms with van der Waals surface area (Å²) >= 11 is 0. The van der Waals surface area contributed by atoms with Crippen molar-refractivity contribution in [3.8, 4) is 0 Å². The second-order valence-electron chi connectivity index (χ2n) is 2.45. The molecule has 4 N–H and O–H groups in total. The Balaban J connectivity index is 3.02. The van der Waals surface area contributed by atoms with Crippen LogP contribution >= 0.6 is 0 Å². The summed E-state index contributed by atoms with van der Waals surface area (Å²) in [6.45, 7) is 0. The van der Waals surface area contributed by atoms with Crippen molar-refractivity contribution in [2.75, 3.05) is 0 Å². The van der Waals surface area contributed by atoms with Gasteiger partial charge in [-0.3, -0.25) is 10.0 Å². The van der Waals surface area contributed by atoms with Crippen LogP contribution in [0.25, 0.3) is 0 Å². The van der Waals surface area contributed by atoms with Crippen LogP contribution in [0, 0.1) is 0 Å². The van der Waals surface area contributed by atoms with Crippen LogP contribution in [0.5, 0.6) is 0 Å². The number of carboxylic acids is 1. The average molecular weight is 184 g/mol. The second kappa shape index (κ2) is 3.28. The summed E-state index contributed by atoms with van der Waals surface area (Å²) in [6.07, 6.45) is 3.68. The molecule has 1 amide bonds. The number of hydroxylamine groups is 2. The lowest BCUT2D eigenvalue weighted by molar-refractivity contribution is -0.143. The zero-order valence-corrected chi connectivity index (χ0v) is 6.54. The van der Waals surface area contributed by atoms with Crippen molar-refractivity contribution in [1.29, 1.82) is 0 Å². The van der Waals surface area contributed by atoms with Crippen molar-refractivity contribution in [2.24, 2.45) is 5.73 Å². The summed E-state index contributed by atoms with van der Waals surface area (Å²) < 4.78 is 0. The molecule has 0 aromatic heterocycles. The van der Waals surface area contributed by atoms with Gasteiger partial charge in [0.25, 0.3) is 0 Å². The highest BCUT2D eigenvalue weighted by molar-refractivity contribution is 5.98. The largest absolute Gasteiger partial charge is 0.478 e. The van der Waals surface area contributed by atoms with E-state index in [0.29, 0.717) is 5.06 Å². The molecule has 0 aliphatic carbocycles. The molecule has 1 aliphatic rings. The predicted molar refractivity (Wildman–Crippen MR) is 41.5 cm³/mol. The fourth-order valence-corrected chi connectivity index (χ4v) is 1.03. The predicted octanol–water partition coefficient (Wildman–Crippen LogP) is -0.930. The molecule has 1 atom stereocenters. The molecule has 6 nitrogen and oxygen atoms in total. The van der Waals surface area contributed by atoms with Crippen LogP contribution in [0.3, 0.4) is 0 Å². The standard InChI is InChI=1S/C7H8N2O4/c8-6(10)5-4(7(11)12)2-1-3-9(5)13/h1-3,5,13H,(H2,8,10)(H,11,12). The molecule has 0 saturated heterocycles. The van der Waals surface area contributed by atoms with Crippen LogP contribution in [0.2, 0.25) is 0 Å². The van der Waals surface area contributed by atoms with Gasteiger partial charge in [-0.2, -0.15) is 0 Å². The average Bonchev–Trinajstić information content (AvgIpc) is 2.02. The molecule has 0 aromatic carbocycles. The Bertz CT molecular complexity index is 308. The minimum Gasteiger partial charge on any atom is -0.478 e. The summed E-state index contributed by atoms with van der Waals surface area (Å²) in [4.78, 5) is 21.3. The topological polar surface area (TPSA) is 104 Å². The third-order valence-electron chi connectivity index (χ3n) is 1.59. The summed E-state index contributed by atoms with van der Waals surface area (Å²) in [5.74, 6) is -2.20. The van der Waals surface area contributed by atoms with E-state index in [9.17, 15) is 9.59 Å². The Morgan fingerprint density at radius 3 is 2.54 bits per heavy atom. The molecule has 0 bridgehead atoms. The number of aliphatic carboxylic acids is 1. The Morgan fingerprint density at radius 1 is 1.54 bits per heavy atom. The molecule has 1 heterocycles. The molecule has 1 aliphatic heterocycles. The van der Waals surface area contributed by atoms with E-state index in [1.165, 1.54) is 12.2 Å². The van der Waals surface area contributed by atoms with Crippen LogP contribution in [-0.2, 0) is 9.59 Å². The summed E-state index contributed by atoms with van der Waals surface area (Å²) in [5, 5.41) is 18.2. The molecule has 0 spiro atoms. The third kappa shape index (κ3) is 1.67. The first kappa shape index (κ1) is 9.27. The number of rotatable bonds is 2. The molecule has 0 radical (unpaired) electrons. The lowest BCUT2D eigenvalue weighted by Crippen LogP contribution is -2.44. The Morgan fingerprint density at radius 2 is 2.15 bits per heavy atom. The number of primary amides is 1. The third-order valence-corrected chi connectivity index (χ3v) is 1.59. The number of nitrogens with two attached hydrogens (primary N) is 1. The molecule has 0 saturated carbocycles. The minimum absolute atomic E-state index is 0.252. The summed E-state index contributed by atoms with van der Waals surface area (Å²) in [7, 11) is 0. The van der Waals surface area contributed by atoms with Gasteiger partial charge in [0.1, 0.15) is 0 Å². The van der Waals surface area contributed by atoms with Gasteiger partial charge in [0.2, 0.25) is 5.91 Å². The Labute approximate surface area is 73.5 Å². The highest BCUT2D eigenvalue weighted by Gasteiger charge is 2.30. The van der Waals surface area contributed by atoms with E-state index in [-0.39, 0.29) is 5.57 Å². The van der Waals surface area contributed by atoms with E-state index in [1.54, 1.807) is 0 Å². The first-order chi connectivity index (χ1) is 6.04. The van der Waals surface area contributed by atoms with E-state index in [0.717, 1.165) is 6.20 Å². The van der Waals surface area contributed by atoms with Crippen LogP contribution in [0.4, 0.5) is 0 Å². The van der Waals surface area contributed by atoms with E-state index in [2.05, 4.69) is 0 Å². The quantitative estimate of drug-likeness (QED) is 0.514. The second-order valence-corrected chi connectivity index (χ2v) is 2.45. The number of nitrogens with zero attached hydrogens (tertiary/aromatic N) is 1. The van der Waals surface area contributed by atoms with Gasteiger partial charge in [-0.15, -0.1) is 0 Å². The van der Waals surface area contributed by atoms with Gasteiger partial charge in [-0.1, -0.05) is 0 Å². The van der Waals surface area contributed by atoms with Crippen molar-refractivity contribution >= 4 is 11.9 Å². The molecule has 1 rings (SSSR count).